The molecule has 0 saturated carbocycles. The molecule has 2 aromatic carbocycles. The molecule has 0 amide bonds. The Labute approximate surface area is 151 Å². The van der Waals surface area contributed by atoms with Crippen molar-refractivity contribution in [2.75, 3.05) is 11.8 Å². The lowest BCUT2D eigenvalue weighted by Crippen LogP contribution is -2.20. The molecule has 0 heterocycles. The number of methoxy groups -OCH3 is 1. The summed E-state index contributed by atoms with van der Waals surface area (Å²) in [4.78, 5) is -1.90. The van der Waals surface area contributed by atoms with Crippen LogP contribution in [-0.2, 0) is 10.0 Å². The van der Waals surface area contributed by atoms with Crippen LogP contribution in [0.5, 0.6) is 11.5 Å². The highest BCUT2D eigenvalue weighted by Gasteiger charge is 2.34. The van der Waals surface area contributed by atoms with E-state index in [9.17, 15) is 30.4 Å². The smallest absolute Gasteiger partial charge is 0.267 e. The van der Waals surface area contributed by atoms with Crippen LogP contribution in [0.15, 0.2) is 23.1 Å². The fourth-order valence-corrected chi connectivity index (χ4v) is 3.29. The van der Waals surface area contributed by atoms with Gasteiger partial charge in [0, 0.05) is 6.07 Å². The highest BCUT2D eigenvalue weighted by molar-refractivity contribution is 7.92. The van der Waals surface area contributed by atoms with Gasteiger partial charge in [-0.1, -0.05) is 0 Å². The van der Waals surface area contributed by atoms with Crippen LogP contribution in [0, 0.1) is 29.1 Å². The zero-order valence-electron chi connectivity index (χ0n) is 14.2. The van der Waals surface area contributed by atoms with E-state index in [2.05, 4.69) is 9.47 Å². The molecule has 0 aromatic heterocycles. The van der Waals surface area contributed by atoms with Crippen LogP contribution in [0.25, 0.3) is 0 Å². The first-order valence-corrected chi connectivity index (χ1v) is 8.86. The number of hydrogen-bond acceptors (Lipinski definition) is 4. The van der Waals surface area contributed by atoms with Crippen molar-refractivity contribution in [3.63, 3.8) is 0 Å². The van der Waals surface area contributed by atoms with Gasteiger partial charge in [-0.15, -0.1) is 0 Å². The van der Waals surface area contributed by atoms with E-state index >= 15 is 0 Å². The largest absolute Gasteiger partial charge is 0.494 e. The van der Waals surface area contributed by atoms with Gasteiger partial charge in [-0.3, -0.25) is 4.72 Å². The predicted octanol–water partition coefficient (Wildman–Crippen LogP) is 3.98. The molecule has 5 nitrogen and oxygen atoms in total. The second kappa shape index (κ2) is 7.59. The van der Waals surface area contributed by atoms with Gasteiger partial charge in [0.15, 0.2) is 33.8 Å². The molecule has 0 aliphatic carbocycles. The maximum atomic E-state index is 14.2. The van der Waals surface area contributed by atoms with E-state index in [1.165, 1.54) is 21.0 Å². The fourth-order valence-electron chi connectivity index (χ4n) is 2.10. The molecule has 0 atom stereocenters. The third-order valence-corrected chi connectivity index (χ3v) is 4.61. The van der Waals surface area contributed by atoms with Crippen LogP contribution in [0.3, 0.4) is 0 Å². The van der Waals surface area contributed by atoms with E-state index in [1.807, 2.05) is 0 Å². The summed E-state index contributed by atoms with van der Waals surface area (Å²) in [5, 5.41) is 0. The molecule has 11 heteroatoms. The summed E-state index contributed by atoms with van der Waals surface area (Å²) in [6.45, 7) is 2.69. The summed E-state index contributed by atoms with van der Waals surface area (Å²) in [6.07, 6.45) is -0.837. The zero-order chi connectivity index (χ0) is 20.5. The van der Waals surface area contributed by atoms with Crippen molar-refractivity contribution in [2.24, 2.45) is 0 Å². The molecule has 0 bridgehead atoms. The van der Waals surface area contributed by atoms with Crippen LogP contribution in [0.4, 0.5) is 27.6 Å². The van der Waals surface area contributed by atoms with Gasteiger partial charge in [0.1, 0.15) is 0 Å². The van der Waals surface area contributed by atoms with Gasteiger partial charge >= 0.3 is 0 Å². The molecule has 27 heavy (non-hydrogen) atoms. The molecule has 148 valence electrons. The molecule has 0 radical (unpaired) electrons. The third-order valence-electron chi connectivity index (χ3n) is 3.21. The van der Waals surface area contributed by atoms with Crippen LogP contribution in [0.1, 0.15) is 13.8 Å². The first kappa shape index (κ1) is 20.7. The number of halogens is 5. The predicted molar refractivity (Wildman–Crippen MR) is 85.8 cm³/mol. The Morgan fingerprint density at radius 3 is 1.96 bits per heavy atom. The number of ether oxygens (including phenoxy) is 2. The van der Waals surface area contributed by atoms with Gasteiger partial charge in [0.2, 0.25) is 11.6 Å². The lowest BCUT2D eigenvalue weighted by molar-refractivity contribution is 0.210. The molecule has 0 aliphatic rings. The minimum absolute atomic E-state index is 0.220. The van der Waals surface area contributed by atoms with Crippen LogP contribution >= 0.6 is 0 Å². The molecule has 0 aliphatic heterocycles. The molecule has 0 unspecified atom stereocenters. The molecular weight excluding hydrogens is 397 g/mol. The minimum Gasteiger partial charge on any atom is -0.494 e. The van der Waals surface area contributed by atoms with Crippen molar-refractivity contribution in [1.82, 2.24) is 0 Å². The van der Waals surface area contributed by atoms with E-state index in [-0.39, 0.29) is 5.75 Å². The average molecular weight is 411 g/mol. The standard InChI is InChI=1S/C16H14F5NO4S/c1-7(2)26-15-11(18)13(20)16(14(21)12(15)19)27(23,24)22-8-4-5-10(25-3)9(17)6-8/h4-7,22H,1-3H3. The van der Waals surface area contributed by atoms with Gasteiger partial charge < -0.3 is 9.47 Å². The number of hydrogen-bond donors (Lipinski definition) is 1. The average Bonchev–Trinajstić information content (AvgIpc) is 2.56. The second-order valence-electron chi connectivity index (χ2n) is 5.54. The van der Waals surface area contributed by atoms with Crippen LogP contribution in [0.2, 0.25) is 0 Å². The molecule has 0 saturated heterocycles. The fraction of sp³-hybridized carbons (Fsp3) is 0.250. The number of rotatable bonds is 6. The maximum Gasteiger partial charge on any atom is 0.267 e. The summed E-state index contributed by atoms with van der Waals surface area (Å²) >= 11 is 0. The monoisotopic (exact) mass is 411 g/mol. The van der Waals surface area contributed by atoms with E-state index < -0.39 is 61.5 Å². The van der Waals surface area contributed by atoms with Crippen molar-refractivity contribution in [1.29, 1.82) is 0 Å². The van der Waals surface area contributed by atoms with Gasteiger partial charge in [-0.2, -0.15) is 8.78 Å². The highest BCUT2D eigenvalue weighted by Crippen LogP contribution is 2.34. The van der Waals surface area contributed by atoms with Gasteiger partial charge in [0.05, 0.1) is 18.9 Å². The SMILES string of the molecule is COc1ccc(NS(=O)(=O)c2c(F)c(F)c(OC(C)C)c(F)c2F)cc1F. The molecule has 2 aromatic rings. The number of anilines is 1. The zero-order valence-corrected chi connectivity index (χ0v) is 15.1. The number of nitrogens with one attached hydrogen (secondary N) is 1. The summed E-state index contributed by atoms with van der Waals surface area (Å²) < 4.78 is 105. The van der Waals surface area contributed by atoms with Gasteiger partial charge in [-0.25, -0.2) is 21.6 Å². The molecule has 2 rings (SSSR count). The summed E-state index contributed by atoms with van der Waals surface area (Å²) in [6, 6.07) is 2.73. The lowest BCUT2D eigenvalue weighted by Gasteiger charge is -2.16. The van der Waals surface area contributed by atoms with Crippen molar-refractivity contribution >= 4 is 15.7 Å². The van der Waals surface area contributed by atoms with E-state index in [1.54, 1.807) is 4.72 Å². The summed E-state index contributed by atoms with van der Waals surface area (Å²) in [5.74, 6) is -10.9. The number of benzene rings is 2. The minimum atomic E-state index is -5.14. The van der Waals surface area contributed by atoms with Crippen LogP contribution < -0.4 is 14.2 Å². The molecule has 0 fully saturated rings. The van der Waals surface area contributed by atoms with Gasteiger partial charge in [-0.05, 0) is 26.0 Å². The maximum absolute atomic E-state index is 14.2. The normalized spacial score (nSPS) is 11.6. The van der Waals surface area contributed by atoms with Crippen LogP contribution in [-0.4, -0.2) is 21.6 Å². The Hall–Kier alpha value is -2.56. The van der Waals surface area contributed by atoms with E-state index in [0.29, 0.717) is 6.07 Å². The first-order valence-electron chi connectivity index (χ1n) is 7.38. The van der Waals surface area contributed by atoms with Crippen molar-refractivity contribution in [2.45, 2.75) is 24.8 Å². The van der Waals surface area contributed by atoms with Crippen molar-refractivity contribution in [3.05, 3.63) is 47.3 Å². The number of sulfonamides is 1. The van der Waals surface area contributed by atoms with E-state index in [0.717, 1.165) is 12.1 Å². The topological polar surface area (TPSA) is 64.6 Å². The Balaban J connectivity index is 2.54. The summed E-state index contributed by atoms with van der Waals surface area (Å²) in [7, 11) is -3.98. The lowest BCUT2D eigenvalue weighted by atomic mass is 10.3. The molecule has 1 N–H and O–H groups in total. The third kappa shape index (κ3) is 4.07. The van der Waals surface area contributed by atoms with Crippen molar-refractivity contribution < 1.29 is 39.8 Å². The highest BCUT2D eigenvalue weighted by atomic mass is 32.2. The Morgan fingerprint density at radius 1 is 0.963 bits per heavy atom. The molecule has 0 spiro atoms. The van der Waals surface area contributed by atoms with Crippen molar-refractivity contribution in [3.8, 4) is 11.5 Å². The summed E-state index contributed by atoms with van der Waals surface area (Å²) in [5.41, 5.74) is -0.449. The van der Waals surface area contributed by atoms with E-state index in [4.69, 9.17) is 0 Å². The Bertz CT molecular complexity index is 950. The quantitative estimate of drug-likeness (QED) is 0.577. The second-order valence-corrected chi connectivity index (χ2v) is 7.15. The Kier molecular flexibility index (Phi) is 5.83. The molecular formula is C16H14F5NO4S. The Morgan fingerprint density at radius 2 is 1.52 bits per heavy atom. The first-order chi connectivity index (χ1) is 12.5. The van der Waals surface area contributed by atoms with Gasteiger partial charge in [0.25, 0.3) is 10.0 Å².